The van der Waals surface area contributed by atoms with Gasteiger partial charge in [-0.25, -0.2) is 0 Å². The highest BCUT2D eigenvalue weighted by Crippen LogP contribution is 2.23. The maximum Gasteiger partial charge on any atom is 0.0230 e. The zero-order chi connectivity index (χ0) is 12.0. The SMILES string of the molecule is CCCC(C)(C)CN(C)Cc1ccccc1. The van der Waals surface area contributed by atoms with Crippen LogP contribution in [0.4, 0.5) is 0 Å². The fourth-order valence-electron chi connectivity index (χ4n) is 2.44. The van der Waals surface area contributed by atoms with Crippen molar-refractivity contribution >= 4 is 0 Å². The van der Waals surface area contributed by atoms with Gasteiger partial charge in [-0.3, -0.25) is 0 Å². The number of benzene rings is 1. The van der Waals surface area contributed by atoms with Crippen LogP contribution in [0.3, 0.4) is 0 Å². The molecule has 1 rings (SSSR count). The molecule has 1 heteroatoms. The van der Waals surface area contributed by atoms with Crippen LogP contribution in [0.15, 0.2) is 30.3 Å². The first-order valence-corrected chi connectivity index (χ1v) is 6.26. The maximum absolute atomic E-state index is 2.42. The van der Waals surface area contributed by atoms with Crippen molar-refractivity contribution in [2.75, 3.05) is 13.6 Å². The zero-order valence-electron chi connectivity index (χ0n) is 11.2. The van der Waals surface area contributed by atoms with E-state index in [1.165, 1.54) is 18.4 Å². The van der Waals surface area contributed by atoms with E-state index >= 15 is 0 Å². The van der Waals surface area contributed by atoms with Crippen LogP contribution in [0.25, 0.3) is 0 Å². The third-order valence-electron chi connectivity index (χ3n) is 2.92. The number of rotatable bonds is 6. The average Bonchev–Trinajstić information content (AvgIpc) is 2.17. The third kappa shape index (κ3) is 4.80. The zero-order valence-corrected chi connectivity index (χ0v) is 11.2. The lowest BCUT2D eigenvalue weighted by Gasteiger charge is -2.30. The molecule has 0 aliphatic carbocycles. The van der Waals surface area contributed by atoms with E-state index in [9.17, 15) is 0 Å². The first kappa shape index (κ1) is 13.2. The van der Waals surface area contributed by atoms with Gasteiger partial charge in [0.2, 0.25) is 0 Å². The standard InChI is InChI=1S/C15H25N/c1-5-11-15(2,3)13-16(4)12-14-9-7-6-8-10-14/h6-10H,5,11-13H2,1-4H3. The molecule has 0 aliphatic heterocycles. The maximum atomic E-state index is 2.42. The predicted octanol–water partition coefficient (Wildman–Crippen LogP) is 3.94. The van der Waals surface area contributed by atoms with E-state index < -0.39 is 0 Å². The summed E-state index contributed by atoms with van der Waals surface area (Å²) in [4.78, 5) is 2.42. The molecule has 1 aromatic carbocycles. The largest absolute Gasteiger partial charge is 0.302 e. The summed E-state index contributed by atoms with van der Waals surface area (Å²) in [5, 5.41) is 0. The molecule has 0 aliphatic rings. The van der Waals surface area contributed by atoms with E-state index in [4.69, 9.17) is 0 Å². The van der Waals surface area contributed by atoms with E-state index in [1.54, 1.807) is 0 Å². The summed E-state index contributed by atoms with van der Waals surface area (Å²) in [7, 11) is 2.21. The Hall–Kier alpha value is -0.820. The molecule has 0 atom stereocenters. The second-order valence-electron chi connectivity index (χ2n) is 5.57. The summed E-state index contributed by atoms with van der Waals surface area (Å²) < 4.78 is 0. The van der Waals surface area contributed by atoms with Gasteiger partial charge in [0, 0.05) is 13.1 Å². The van der Waals surface area contributed by atoms with Gasteiger partial charge in [-0.05, 0) is 24.4 Å². The molecule has 0 unspecified atom stereocenters. The smallest absolute Gasteiger partial charge is 0.0230 e. The molecule has 0 bridgehead atoms. The molecule has 0 aromatic heterocycles. The highest BCUT2D eigenvalue weighted by Gasteiger charge is 2.18. The van der Waals surface area contributed by atoms with Crippen LogP contribution in [-0.4, -0.2) is 18.5 Å². The van der Waals surface area contributed by atoms with Crippen molar-refractivity contribution in [1.82, 2.24) is 4.90 Å². The molecule has 0 saturated heterocycles. The van der Waals surface area contributed by atoms with Crippen LogP contribution in [0.2, 0.25) is 0 Å². The van der Waals surface area contributed by atoms with Gasteiger partial charge in [-0.2, -0.15) is 0 Å². The van der Waals surface area contributed by atoms with Crippen molar-refractivity contribution in [1.29, 1.82) is 0 Å². The molecular formula is C15H25N. The minimum atomic E-state index is 0.429. The van der Waals surface area contributed by atoms with Gasteiger partial charge in [-0.15, -0.1) is 0 Å². The van der Waals surface area contributed by atoms with E-state index in [0.717, 1.165) is 13.1 Å². The lowest BCUT2D eigenvalue weighted by molar-refractivity contribution is 0.191. The van der Waals surface area contributed by atoms with Gasteiger partial charge in [0.25, 0.3) is 0 Å². The first-order chi connectivity index (χ1) is 7.53. The van der Waals surface area contributed by atoms with Crippen LogP contribution in [0.1, 0.15) is 39.2 Å². The highest BCUT2D eigenvalue weighted by molar-refractivity contribution is 5.14. The lowest BCUT2D eigenvalue weighted by Crippen LogP contribution is -2.30. The Morgan fingerprint density at radius 1 is 1.12 bits per heavy atom. The number of hydrogen-bond acceptors (Lipinski definition) is 1. The molecule has 0 N–H and O–H groups in total. The fraction of sp³-hybridized carbons (Fsp3) is 0.600. The number of nitrogens with zero attached hydrogens (tertiary/aromatic N) is 1. The summed E-state index contributed by atoms with van der Waals surface area (Å²) in [6.45, 7) is 9.19. The van der Waals surface area contributed by atoms with Gasteiger partial charge >= 0.3 is 0 Å². The van der Waals surface area contributed by atoms with Crippen molar-refractivity contribution < 1.29 is 0 Å². The second-order valence-corrected chi connectivity index (χ2v) is 5.57. The monoisotopic (exact) mass is 219 g/mol. The number of hydrogen-bond donors (Lipinski definition) is 0. The molecule has 0 radical (unpaired) electrons. The predicted molar refractivity (Wildman–Crippen MR) is 71.5 cm³/mol. The molecule has 0 saturated carbocycles. The van der Waals surface area contributed by atoms with Gasteiger partial charge in [0.1, 0.15) is 0 Å². The lowest BCUT2D eigenvalue weighted by atomic mass is 9.87. The first-order valence-electron chi connectivity index (χ1n) is 6.26. The minimum absolute atomic E-state index is 0.429. The average molecular weight is 219 g/mol. The third-order valence-corrected chi connectivity index (χ3v) is 2.92. The molecule has 0 amide bonds. The van der Waals surface area contributed by atoms with Crippen LogP contribution in [-0.2, 0) is 6.54 Å². The Balaban J connectivity index is 2.44. The molecule has 0 heterocycles. The van der Waals surface area contributed by atoms with Crippen LogP contribution < -0.4 is 0 Å². The molecule has 0 spiro atoms. The van der Waals surface area contributed by atoms with Crippen LogP contribution in [0, 0.1) is 5.41 Å². The van der Waals surface area contributed by atoms with E-state index in [2.05, 4.69) is 63.1 Å². The second kappa shape index (κ2) is 6.05. The van der Waals surface area contributed by atoms with Crippen molar-refractivity contribution in [2.45, 2.75) is 40.2 Å². The van der Waals surface area contributed by atoms with Crippen molar-refractivity contribution in [3.8, 4) is 0 Å². The van der Waals surface area contributed by atoms with E-state index in [-0.39, 0.29) is 0 Å². The Morgan fingerprint density at radius 3 is 2.31 bits per heavy atom. The van der Waals surface area contributed by atoms with Gasteiger partial charge in [-0.1, -0.05) is 57.5 Å². The summed E-state index contributed by atoms with van der Waals surface area (Å²) >= 11 is 0. The Kier molecular flexibility index (Phi) is 5.01. The molecule has 0 fully saturated rings. The van der Waals surface area contributed by atoms with Crippen LogP contribution in [0.5, 0.6) is 0 Å². The highest BCUT2D eigenvalue weighted by atomic mass is 15.1. The molecule has 1 nitrogen and oxygen atoms in total. The van der Waals surface area contributed by atoms with Crippen molar-refractivity contribution in [3.05, 3.63) is 35.9 Å². The Morgan fingerprint density at radius 2 is 1.75 bits per heavy atom. The summed E-state index contributed by atoms with van der Waals surface area (Å²) in [5.74, 6) is 0. The summed E-state index contributed by atoms with van der Waals surface area (Å²) in [5.41, 5.74) is 1.83. The van der Waals surface area contributed by atoms with Gasteiger partial charge in [0.15, 0.2) is 0 Å². The Labute approximate surface area is 100 Å². The topological polar surface area (TPSA) is 3.24 Å². The van der Waals surface area contributed by atoms with Gasteiger partial charge in [0.05, 0.1) is 0 Å². The van der Waals surface area contributed by atoms with Crippen molar-refractivity contribution in [3.63, 3.8) is 0 Å². The molecule has 1 aromatic rings. The van der Waals surface area contributed by atoms with Crippen molar-refractivity contribution in [2.24, 2.45) is 5.41 Å². The fourth-order valence-corrected chi connectivity index (χ4v) is 2.44. The Bertz CT molecular complexity index is 290. The quantitative estimate of drug-likeness (QED) is 0.700. The van der Waals surface area contributed by atoms with Crippen LogP contribution >= 0.6 is 0 Å². The minimum Gasteiger partial charge on any atom is -0.302 e. The van der Waals surface area contributed by atoms with E-state index in [1.807, 2.05) is 0 Å². The summed E-state index contributed by atoms with van der Waals surface area (Å²) in [6, 6.07) is 10.7. The molecule has 16 heavy (non-hydrogen) atoms. The normalized spacial score (nSPS) is 12.1. The molecular weight excluding hydrogens is 194 g/mol. The van der Waals surface area contributed by atoms with Gasteiger partial charge < -0.3 is 4.90 Å². The summed E-state index contributed by atoms with van der Waals surface area (Å²) in [6.07, 6.45) is 2.57. The molecule has 90 valence electrons. The van der Waals surface area contributed by atoms with E-state index in [0.29, 0.717) is 5.41 Å².